The minimum atomic E-state index is -0.0366. The summed E-state index contributed by atoms with van der Waals surface area (Å²) in [5.74, 6) is 1.91. The van der Waals surface area contributed by atoms with Gasteiger partial charge in [0.1, 0.15) is 5.75 Å². The van der Waals surface area contributed by atoms with Crippen molar-refractivity contribution < 1.29 is 9.53 Å². The molecule has 0 aliphatic heterocycles. The first-order valence-electron chi connectivity index (χ1n) is 9.03. The predicted octanol–water partition coefficient (Wildman–Crippen LogP) is 4.11. The van der Waals surface area contributed by atoms with Gasteiger partial charge >= 0.3 is 0 Å². The summed E-state index contributed by atoms with van der Waals surface area (Å²) in [7, 11) is 3.58. The highest BCUT2D eigenvalue weighted by atomic mass is 32.2. The van der Waals surface area contributed by atoms with E-state index in [0.717, 1.165) is 37.9 Å². The Morgan fingerprint density at radius 2 is 2.00 bits per heavy atom. The Hall–Kier alpha value is -2.84. The third kappa shape index (κ3) is 4.44. The highest BCUT2D eigenvalue weighted by Gasteiger charge is 2.13. The SMILES string of the molecule is COc1ccc2cc(CNC(=O)CSc3nnc(-c4cccs4)n3C)ccc2c1. The highest BCUT2D eigenvalue weighted by Crippen LogP contribution is 2.26. The summed E-state index contributed by atoms with van der Waals surface area (Å²) in [6.07, 6.45) is 0. The zero-order valence-corrected chi connectivity index (χ0v) is 17.7. The Balaban J connectivity index is 1.33. The molecule has 0 radical (unpaired) electrons. The first-order valence-corrected chi connectivity index (χ1v) is 10.9. The molecule has 0 spiro atoms. The van der Waals surface area contributed by atoms with Crippen LogP contribution in [0.2, 0.25) is 0 Å². The number of benzene rings is 2. The second kappa shape index (κ2) is 8.67. The van der Waals surface area contributed by atoms with E-state index in [4.69, 9.17) is 4.74 Å². The number of hydrogen-bond acceptors (Lipinski definition) is 6. The van der Waals surface area contributed by atoms with Crippen molar-refractivity contribution in [3.8, 4) is 16.5 Å². The van der Waals surface area contributed by atoms with Gasteiger partial charge in [-0.1, -0.05) is 36.0 Å². The van der Waals surface area contributed by atoms with Gasteiger partial charge in [0.05, 0.1) is 17.7 Å². The third-order valence-electron chi connectivity index (χ3n) is 4.51. The fourth-order valence-electron chi connectivity index (χ4n) is 2.95. The second-order valence-electron chi connectivity index (χ2n) is 6.46. The maximum Gasteiger partial charge on any atom is 0.230 e. The molecule has 6 nitrogen and oxygen atoms in total. The maximum atomic E-state index is 12.3. The minimum absolute atomic E-state index is 0.0366. The average molecular weight is 425 g/mol. The van der Waals surface area contributed by atoms with Gasteiger partial charge in [-0.25, -0.2) is 0 Å². The molecule has 1 amide bonds. The maximum absolute atomic E-state index is 12.3. The number of amides is 1. The molecule has 2 aromatic heterocycles. The van der Waals surface area contributed by atoms with E-state index in [1.807, 2.05) is 59.5 Å². The Morgan fingerprint density at radius 3 is 2.79 bits per heavy atom. The standard InChI is InChI=1S/C21H20N4O2S2/c1-25-20(18-4-3-9-28-18)23-24-21(25)29-13-19(26)22-12-14-5-6-16-11-17(27-2)8-7-15(16)10-14/h3-11H,12-13H2,1-2H3,(H,22,26). The Bertz CT molecular complexity index is 1140. The van der Waals surface area contributed by atoms with Crippen molar-refractivity contribution in [3.05, 3.63) is 59.5 Å². The van der Waals surface area contributed by atoms with Crippen molar-refractivity contribution in [3.63, 3.8) is 0 Å². The van der Waals surface area contributed by atoms with Gasteiger partial charge in [-0.3, -0.25) is 4.79 Å². The molecule has 0 saturated heterocycles. The van der Waals surface area contributed by atoms with Gasteiger partial charge < -0.3 is 14.6 Å². The van der Waals surface area contributed by atoms with Gasteiger partial charge in [-0.05, 0) is 46.0 Å². The number of rotatable bonds is 7. The van der Waals surface area contributed by atoms with Crippen LogP contribution in [0, 0.1) is 0 Å². The number of hydrogen-bond donors (Lipinski definition) is 1. The average Bonchev–Trinajstić information content (AvgIpc) is 3.40. The van der Waals surface area contributed by atoms with Crippen LogP contribution in [0.3, 0.4) is 0 Å². The summed E-state index contributed by atoms with van der Waals surface area (Å²) in [6.45, 7) is 0.487. The molecule has 148 valence electrons. The topological polar surface area (TPSA) is 69.0 Å². The lowest BCUT2D eigenvalue weighted by atomic mass is 10.1. The summed E-state index contributed by atoms with van der Waals surface area (Å²) in [4.78, 5) is 13.3. The molecule has 0 unspecified atom stereocenters. The van der Waals surface area contributed by atoms with Gasteiger partial charge in [0.25, 0.3) is 0 Å². The molecule has 0 aliphatic carbocycles. The van der Waals surface area contributed by atoms with E-state index >= 15 is 0 Å². The number of fused-ring (bicyclic) bond motifs is 1. The van der Waals surface area contributed by atoms with E-state index in [1.165, 1.54) is 11.8 Å². The monoisotopic (exact) mass is 424 g/mol. The lowest BCUT2D eigenvalue weighted by Gasteiger charge is -2.08. The number of thioether (sulfide) groups is 1. The zero-order chi connectivity index (χ0) is 20.2. The lowest BCUT2D eigenvalue weighted by molar-refractivity contribution is -0.118. The van der Waals surface area contributed by atoms with Gasteiger partial charge in [-0.2, -0.15) is 0 Å². The third-order valence-corrected chi connectivity index (χ3v) is 6.40. The van der Waals surface area contributed by atoms with Crippen LogP contribution in [0.25, 0.3) is 21.5 Å². The molecule has 0 fully saturated rings. The van der Waals surface area contributed by atoms with Crippen molar-refractivity contribution in [2.45, 2.75) is 11.7 Å². The number of nitrogens with zero attached hydrogens (tertiary/aromatic N) is 3. The summed E-state index contributed by atoms with van der Waals surface area (Å²) < 4.78 is 7.17. The molecule has 1 N–H and O–H groups in total. The van der Waals surface area contributed by atoms with Crippen LogP contribution < -0.4 is 10.1 Å². The van der Waals surface area contributed by atoms with E-state index in [-0.39, 0.29) is 5.91 Å². The molecule has 4 rings (SSSR count). The second-order valence-corrected chi connectivity index (χ2v) is 8.35. The highest BCUT2D eigenvalue weighted by molar-refractivity contribution is 7.99. The number of methoxy groups -OCH3 is 1. The predicted molar refractivity (Wildman–Crippen MR) is 117 cm³/mol. The van der Waals surface area contributed by atoms with Gasteiger partial charge in [0, 0.05) is 13.6 Å². The number of ether oxygens (including phenoxy) is 1. The van der Waals surface area contributed by atoms with E-state index in [0.29, 0.717) is 12.3 Å². The van der Waals surface area contributed by atoms with Crippen LogP contribution in [-0.4, -0.2) is 33.5 Å². The smallest absolute Gasteiger partial charge is 0.230 e. The molecule has 0 saturated carbocycles. The summed E-state index contributed by atoms with van der Waals surface area (Å²) >= 11 is 3.00. The normalized spacial score (nSPS) is 11.0. The molecule has 2 heterocycles. The molecule has 0 bridgehead atoms. The van der Waals surface area contributed by atoms with Crippen molar-refractivity contribution in [2.75, 3.05) is 12.9 Å². The number of aromatic nitrogens is 3. The largest absolute Gasteiger partial charge is 0.497 e. The summed E-state index contributed by atoms with van der Waals surface area (Å²) in [5, 5.41) is 16.4. The van der Waals surface area contributed by atoms with Crippen LogP contribution in [0.1, 0.15) is 5.56 Å². The fraction of sp³-hybridized carbons (Fsp3) is 0.190. The van der Waals surface area contributed by atoms with Crippen LogP contribution >= 0.6 is 23.1 Å². The lowest BCUT2D eigenvalue weighted by Crippen LogP contribution is -2.24. The quantitative estimate of drug-likeness (QED) is 0.452. The summed E-state index contributed by atoms with van der Waals surface area (Å²) in [6, 6.07) is 16.1. The van der Waals surface area contributed by atoms with Gasteiger partial charge in [0.2, 0.25) is 5.91 Å². The molecular weight excluding hydrogens is 404 g/mol. The first-order chi connectivity index (χ1) is 14.1. The number of thiophene rings is 1. The van der Waals surface area contributed by atoms with E-state index in [9.17, 15) is 4.79 Å². The number of carbonyl (C=O) groups excluding carboxylic acids is 1. The molecule has 0 atom stereocenters. The molecule has 0 aliphatic rings. The molecule has 29 heavy (non-hydrogen) atoms. The van der Waals surface area contributed by atoms with Crippen molar-refractivity contribution in [2.24, 2.45) is 7.05 Å². The van der Waals surface area contributed by atoms with Crippen LogP contribution in [0.5, 0.6) is 5.75 Å². The van der Waals surface area contributed by atoms with Crippen LogP contribution in [0.4, 0.5) is 0 Å². The van der Waals surface area contributed by atoms with Crippen molar-refractivity contribution in [1.82, 2.24) is 20.1 Å². The van der Waals surface area contributed by atoms with Crippen LogP contribution in [0.15, 0.2) is 59.1 Å². The molecule has 4 aromatic rings. The van der Waals surface area contributed by atoms with Crippen LogP contribution in [-0.2, 0) is 18.4 Å². The summed E-state index contributed by atoms with van der Waals surface area (Å²) in [5.41, 5.74) is 1.06. The fourth-order valence-corrected chi connectivity index (χ4v) is 4.44. The molecule has 2 aromatic carbocycles. The van der Waals surface area contributed by atoms with E-state index < -0.39 is 0 Å². The van der Waals surface area contributed by atoms with E-state index in [2.05, 4.69) is 21.6 Å². The Kier molecular flexibility index (Phi) is 5.82. The zero-order valence-electron chi connectivity index (χ0n) is 16.1. The Morgan fingerprint density at radius 1 is 1.17 bits per heavy atom. The molecular formula is C21H20N4O2S2. The minimum Gasteiger partial charge on any atom is -0.497 e. The van der Waals surface area contributed by atoms with Gasteiger partial charge in [-0.15, -0.1) is 21.5 Å². The first kappa shape index (κ1) is 19.5. The van der Waals surface area contributed by atoms with Crippen molar-refractivity contribution in [1.29, 1.82) is 0 Å². The number of nitrogens with one attached hydrogen (secondary N) is 1. The number of carbonyl (C=O) groups is 1. The van der Waals surface area contributed by atoms with E-state index in [1.54, 1.807) is 18.4 Å². The Labute approximate surface area is 176 Å². The van der Waals surface area contributed by atoms with Crippen molar-refractivity contribution >= 4 is 39.8 Å². The molecule has 8 heteroatoms. The van der Waals surface area contributed by atoms with Gasteiger partial charge in [0.15, 0.2) is 11.0 Å².